The van der Waals surface area contributed by atoms with E-state index < -0.39 is 0 Å². The molecule has 1 saturated carbocycles. The van der Waals surface area contributed by atoms with Gasteiger partial charge < -0.3 is 10.5 Å². The molecule has 4 heteroatoms. The summed E-state index contributed by atoms with van der Waals surface area (Å²) in [6.07, 6.45) is 6.36. The summed E-state index contributed by atoms with van der Waals surface area (Å²) in [5.41, 5.74) is 6.65. The van der Waals surface area contributed by atoms with Crippen LogP contribution in [0.4, 0.5) is 4.39 Å². The largest absolute Gasteiger partial charge is 0.487 e. The fourth-order valence-corrected chi connectivity index (χ4v) is 3.34. The quantitative estimate of drug-likeness (QED) is 0.927. The van der Waals surface area contributed by atoms with E-state index in [1.165, 1.54) is 12.8 Å². The van der Waals surface area contributed by atoms with Crippen molar-refractivity contribution in [2.45, 2.75) is 57.2 Å². The zero-order valence-corrected chi connectivity index (χ0v) is 12.6. The minimum absolute atomic E-state index is 0.112. The predicted molar refractivity (Wildman–Crippen MR) is 81.8 cm³/mol. The monoisotopic (exact) mass is 292 g/mol. The van der Waals surface area contributed by atoms with E-state index in [1.807, 2.05) is 12.1 Å². The van der Waals surface area contributed by atoms with E-state index in [2.05, 4.69) is 4.90 Å². The van der Waals surface area contributed by atoms with Crippen molar-refractivity contribution in [3.63, 3.8) is 0 Å². The lowest BCUT2D eigenvalue weighted by atomic mass is 9.94. The maximum atomic E-state index is 14.6. The lowest BCUT2D eigenvalue weighted by Crippen LogP contribution is -2.31. The molecule has 2 aliphatic rings. The highest BCUT2D eigenvalue weighted by atomic mass is 19.1. The molecule has 0 aromatic heterocycles. The van der Waals surface area contributed by atoms with Crippen LogP contribution < -0.4 is 10.5 Å². The Labute approximate surface area is 126 Å². The molecule has 3 rings (SSSR count). The SMILES string of the molecule is NC1CCC(Oc2cccc(CN3CCCC3)c2F)CC1. The summed E-state index contributed by atoms with van der Waals surface area (Å²) in [7, 11) is 0. The molecule has 1 heterocycles. The van der Waals surface area contributed by atoms with Crippen molar-refractivity contribution < 1.29 is 9.13 Å². The number of nitrogens with zero attached hydrogens (tertiary/aromatic N) is 1. The fourth-order valence-electron chi connectivity index (χ4n) is 3.34. The molecule has 2 fully saturated rings. The van der Waals surface area contributed by atoms with Gasteiger partial charge in [0.1, 0.15) is 0 Å². The molecule has 1 aliphatic heterocycles. The molecule has 0 radical (unpaired) electrons. The summed E-state index contributed by atoms with van der Waals surface area (Å²) >= 11 is 0. The molecule has 2 N–H and O–H groups in total. The van der Waals surface area contributed by atoms with Crippen LogP contribution in [0.3, 0.4) is 0 Å². The highest BCUT2D eigenvalue weighted by Gasteiger charge is 2.22. The first-order valence-electron chi connectivity index (χ1n) is 8.14. The fraction of sp³-hybridized carbons (Fsp3) is 0.647. The number of halogens is 1. The second-order valence-corrected chi connectivity index (χ2v) is 6.37. The minimum Gasteiger partial charge on any atom is -0.487 e. The Morgan fingerprint density at radius 2 is 1.86 bits per heavy atom. The Hall–Kier alpha value is -1.13. The number of hydrogen-bond donors (Lipinski definition) is 1. The van der Waals surface area contributed by atoms with Crippen LogP contribution in [0.1, 0.15) is 44.1 Å². The van der Waals surface area contributed by atoms with Crippen LogP contribution in [0, 0.1) is 5.82 Å². The molecule has 116 valence electrons. The molecule has 0 spiro atoms. The predicted octanol–water partition coefficient (Wildman–Crippen LogP) is 3.07. The summed E-state index contributed by atoms with van der Waals surface area (Å²) in [5.74, 6) is 0.228. The number of rotatable bonds is 4. The van der Waals surface area contributed by atoms with Crippen LogP contribution in [0.15, 0.2) is 18.2 Å². The van der Waals surface area contributed by atoms with E-state index in [0.717, 1.165) is 44.3 Å². The van der Waals surface area contributed by atoms with Crippen molar-refractivity contribution in [3.8, 4) is 5.75 Å². The van der Waals surface area contributed by atoms with Gasteiger partial charge in [0.15, 0.2) is 11.6 Å². The smallest absolute Gasteiger partial charge is 0.169 e. The summed E-state index contributed by atoms with van der Waals surface area (Å²) in [5, 5.41) is 0. The highest BCUT2D eigenvalue weighted by Crippen LogP contribution is 2.27. The van der Waals surface area contributed by atoms with Crippen LogP contribution in [-0.2, 0) is 6.54 Å². The van der Waals surface area contributed by atoms with E-state index in [9.17, 15) is 4.39 Å². The molecule has 1 aromatic carbocycles. The summed E-state index contributed by atoms with van der Waals surface area (Å²) in [4.78, 5) is 2.31. The molecule has 21 heavy (non-hydrogen) atoms. The molecular formula is C17H25FN2O. The summed E-state index contributed by atoms with van der Waals surface area (Å²) in [6.45, 7) is 2.84. The Kier molecular flexibility index (Phi) is 4.76. The van der Waals surface area contributed by atoms with Crippen molar-refractivity contribution in [2.75, 3.05) is 13.1 Å². The van der Waals surface area contributed by atoms with Crippen LogP contribution in [0.5, 0.6) is 5.75 Å². The topological polar surface area (TPSA) is 38.5 Å². The summed E-state index contributed by atoms with van der Waals surface area (Å²) in [6, 6.07) is 5.81. The second kappa shape index (κ2) is 6.75. The molecule has 1 saturated heterocycles. The Morgan fingerprint density at radius 3 is 2.57 bits per heavy atom. The highest BCUT2D eigenvalue weighted by molar-refractivity contribution is 5.31. The van der Waals surface area contributed by atoms with Crippen molar-refractivity contribution in [1.29, 1.82) is 0 Å². The molecule has 0 atom stereocenters. The second-order valence-electron chi connectivity index (χ2n) is 6.37. The Morgan fingerprint density at radius 1 is 1.14 bits per heavy atom. The number of likely N-dealkylation sites (tertiary alicyclic amines) is 1. The van der Waals surface area contributed by atoms with E-state index >= 15 is 0 Å². The lowest BCUT2D eigenvalue weighted by Gasteiger charge is -2.27. The zero-order valence-electron chi connectivity index (χ0n) is 12.6. The van der Waals surface area contributed by atoms with Crippen LogP contribution in [0.2, 0.25) is 0 Å². The first-order valence-corrected chi connectivity index (χ1v) is 8.14. The zero-order chi connectivity index (χ0) is 14.7. The van der Waals surface area contributed by atoms with Gasteiger partial charge in [-0.1, -0.05) is 12.1 Å². The molecule has 0 bridgehead atoms. The van der Waals surface area contributed by atoms with Gasteiger partial charge in [0.25, 0.3) is 0 Å². The van der Waals surface area contributed by atoms with Gasteiger partial charge >= 0.3 is 0 Å². The van der Waals surface area contributed by atoms with E-state index in [1.54, 1.807) is 6.07 Å². The van der Waals surface area contributed by atoms with Gasteiger partial charge in [0, 0.05) is 18.2 Å². The van der Waals surface area contributed by atoms with Gasteiger partial charge in [-0.15, -0.1) is 0 Å². The van der Waals surface area contributed by atoms with Crippen molar-refractivity contribution >= 4 is 0 Å². The van der Waals surface area contributed by atoms with Gasteiger partial charge in [-0.05, 0) is 57.7 Å². The Balaban J connectivity index is 1.64. The number of benzene rings is 1. The van der Waals surface area contributed by atoms with E-state index in [-0.39, 0.29) is 18.0 Å². The van der Waals surface area contributed by atoms with Gasteiger partial charge in [-0.25, -0.2) is 4.39 Å². The molecule has 0 unspecified atom stereocenters. The lowest BCUT2D eigenvalue weighted by molar-refractivity contribution is 0.140. The van der Waals surface area contributed by atoms with Crippen LogP contribution >= 0.6 is 0 Å². The Bertz CT molecular complexity index is 466. The minimum atomic E-state index is -0.181. The van der Waals surface area contributed by atoms with E-state index in [4.69, 9.17) is 10.5 Å². The third-order valence-corrected chi connectivity index (χ3v) is 4.65. The average Bonchev–Trinajstić information content (AvgIpc) is 2.99. The van der Waals surface area contributed by atoms with Gasteiger partial charge in [0.2, 0.25) is 0 Å². The number of nitrogens with two attached hydrogens (primary N) is 1. The standard InChI is InChI=1S/C17H25FN2O/c18-17-13(12-20-10-1-2-11-20)4-3-5-16(17)21-15-8-6-14(19)7-9-15/h3-5,14-15H,1-2,6-12,19H2. The van der Waals surface area contributed by atoms with Crippen LogP contribution in [0.25, 0.3) is 0 Å². The third kappa shape index (κ3) is 3.74. The van der Waals surface area contributed by atoms with E-state index in [0.29, 0.717) is 12.3 Å². The molecular weight excluding hydrogens is 267 g/mol. The number of hydrogen-bond acceptors (Lipinski definition) is 3. The summed E-state index contributed by atoms with van der Waals surface area (Å²) < 4.78 is 20.5. The normalized spacial score (nSPS) is 27.0. The van der Waals surface area contributed by atoms with Gasteiger partial charge in [-0.2, -0.15) is 0 Å². The average molecular weight is 292 g/mol. The maximum absolute atomic E-state index is 14.6. The van der Waals surface area contributed by atoms with Gasteiger partial charge in [-0.3, -0.25) is 4.90 Å². The third-order valence-electron chi connectivity index (χ3n) is 4.65. The molecule has 0 amide bonds. The molecule has 3 nitrogen and oxygen atoms in total. The maximum Gasteiger partial charge on any atom is 0.169 e. The van der Waals surface area contributed by atoms with Crippen molar-refractivity contribution in [2.24, 2.45) is 5.73 Å². The van der Waals surface area contributed by atoms with Gasteiger partial charge in [0.05, 0.1) is 6.10 Å². The first-order chi connectivity index (χ1) is 10.2. The first kappa shape index (κ1) is 14.8. The van der Waals surface area contributed by atoms with Crippen molar-refractivity contribution in [1.82, 2.24) is 4.90 Å². The van der Waals surface area contributed by atoms with Crippen molar-refractivity contribution in [3.05, 3.63) is 29.6 Å². The number of ether oxygens (including phenoxy) is 1. The van der Waals surface area contributed by atoms with Crippen LogP contribution in [-0.4, -0.2) is 30.1 Å². The molecule has 1 aliphatic carbocycles. The molecule has 1 aromatic rings.